The number of fused-ring (bicyclic) bond motifs is 2. The largest absolute Gasteiger partial charge is 0.340 e. The highest BCUT2D eigenvalue weighted by Gasteiger charge is 2.40. The van der Waals surface area contributed by atoms with Gasteiger partial charge in [-0.05, 0) is 72.9 Å². The Bertz CT molecular complexity index is 537. The van der Waals surface area contributed by atoms with Gasteiger partial charge in [-0.25, -0.2) is 0 Å². The van der Waals surface area contributed by atoms with Gasteiger partial charge in [-0.3, -0.25) is 4.79 Å². The molecule has 2 fully saturated rings. The maximum atomic E-state index is 12.8. The van der Waals surface area contributed by atoms with Crippen LogP contribution in [0, 0.1) is 17.8 Å². The van der Waals surface area contributed by atoms with Gasteiger partial charge in [-0.2, -0.15) is 0 Å². The molecular weight excluding hydrogens is 328 g/mol. The summed E-state index contributed by atoms with van der Waals surface area (Å²) in [7, 11) is 1.96. The minimum absolute atomic E-state index is 0.150. The Morgan fingerprint density at radius 1 is 1.43 bits per heavy atom. The Labute approximate surface area is 135 Å². The van der Waals surface area contributed by atoms with E-state index in [4.69, 9.17) is 0 Å². The van der Waals surface area contributed by atoms with Gasteiger partial charge in [0, 0.05) is 30.3 Å². The van der Waals surface area contributed by atoms with Crippen molar-refractivity contribution < 1.29 is 4.79 Å². The third-order valence-electron chi connectivity index (χ3n) is 5.33. The molecule has 1 aromatic heterocycles. The van der Waals surface area contributed by atoms with Gasteiger partial charge in [0.1, 0.15) is 5.69 Å². The molecule has 21 heavy (non-hydrogen) atoms. The maximum absolute atomic E-state index is 12.8. The van der Waals surface area contributed by atoms with Gasteiger partial charge in [-0.1, -0.05) is 6.42 Å². The van der Waals surface area contributed by atoms with Crippen LogP contribution in [0.3, 0.4) is 0 Å². The van der Waals surface area contributed by atoms with Crippen LogP contribution in [0.1, 0.15) is 56.1 Å². The number of hydrogen-bond acceptors (Lipinski definition) is 1. The van der Waals surface area contributed by atoms with Crippen LogP contribution in [0.15, 0.2) is 16.7 Å². The first-order valence-electron chi connectivity index (χ1n) is 8.08. The zero-order valence-corrected chi connectivity index (χ0v) is 14.8. The number of halogens is 1. The third-order valence-corrected chi connectivity index (χ3v) is 5.76. The first-order chi connectivity index (χ1) is 9.95. The van der Waals surface area contributed by atoms with Crippen molar-refractivity contribution in [3.05, 3.63) is 22.4 Å². The number of amides is 1. The van der Waals surface area contributed by atoms with E-state index in [-0.39, 0.29) is 5.91 Å². The van der Waals surface area contributed by atoms with Gasteiger partial charge in [0.05, 0.1) is 0 Å². The number of rotatable bonds is 4. The van der Waals surface area contributed by atoms with Crippen molar-refractivity contribution >= 4 is 21.8 Å². The fraction of sp³-hybridized carbons (Fsp3) is 0.706. The van der Waals surface area contributed by atoms with E-state index in [1.165, 1.54) is 25.7 Å². The summed E-state index contributed by atoms with van der Waals surface area (Å²) in [6.07, 6.45) is 7.54. The Morgan fingerprint density at radius 2 is 2.19 bits per heavy atom. The smallest absolute Gasteiger partial charge is 0.270 e. The highest BCUT2D eigenvalue weighted by Crippen LogP contribution is 2.48. The van der Waals surface area contributed by atoms with Crippen molar-refractivity contribution in [3.8, 4) is 0 Å². The number of hydrogen-bond donors (Lipinski definition) is 0. The third kappa shape index (κ3) is 2.92. The normalized spacial score (nSPS) is 27.6. The summed E-state index contributed by atoms with van der Waals surface area (Å²) in [6, 6.07) is 2.24. The van der Waals surface area contributed by atoms with Crippen molar-refractivity contribution in [2.45, 2.75) is 45.6 Å². The van der Waals surface area contributed by atoms with E-state index in [0.717, 1.165) is 34.5 Å². The second kappa shape index (κ2) is 5.79. The maximum Gasteiger partial charge on any atom is 0.270 e. The van der Waals surface area contributed by atoms with E-state index < -0.39 is 0 Å². The number of carbonyl (C=O) groups excluding carboxylic acids is 1. The highest BCUT2D eigenvalue weighted by atomic mass is 79.9. The number of aromatic nitrogens is 1. The van der Waals surface area contributed by atoms with Crippen molar-refractivity contribution in [2.24, 2.45) is 17.8 Å². The molecular formula is C17H25BrN2O. The molecule has 0 aromatic carbocycles. The number of nitrogens with zero attached hydrogens (tertiary/aromatic N) is 2. The standard InChI is InChI=1S/C17H25BrN2O/c1-11(2)20-10-15(18)8-16(20)17(21)19(3)9-14-7-12-4-5-13(14)6-12/h8,10-14H,4-7,9H2,1-3H3. The number of carbonyl (C=O) groups is 1. The van der Waals surface area contributed by atoms with Gasteiger partial charge in [0.25, 0.3) is 5.91 Å². The van der Waals surface area contributed by atoms with Gasteiger partial charge >= 0.3 is 0 Å². The average Bonchev–Trinajstić information content (AvgIpc) is 3.12. The zero-order valence-electron chi connectivity index (χ0n) is 13.2. The molecule has 4 heteroatoms. The van der Waals surface area contributed by atoms with Crippen LogP contribution in [0.5, 0.6) is 0 Å². The minimum atomic E-state index is 0.150. The molecule has 2 saturated carbocycles. The molecule has 3 nitrogen and oxygen atoms in total. The molecule has 3 rings (SSSR count). The first-order valence-corrected chi connectivity index (χ1v) is 8.87. The molecule has 1 aromatic rings. The van der Waals surface area contributed by atoms with Gasteiger partial charge < -0.3 is 9.47 Å². The van der Waals surface area contributed by atoms with Crippen LogP contribution in [-0.2, 0) is 0 Å². The van der Waals surface area contributed by atoms with Gasteiger partial charge in [0.15, 0.2) is 0 Å². The minimum Gasteiger partial charge on any atom is -0.340 e. The van der Waals surface area contributed by atoms with Crippen LogP contribution >= 0.6 is 15.9 Å². The quantitative estimate of drug-likeness (QED) is 0.791. The van der Waals surface area contributed by atoms with Crippen molar-refractivity contribution in [1.29, 1.82) is 0 Å². The Balaban J connectivity index is 1.70. The molecule has 0 N–H and O–H groups in total. The summed E-state index contributed by atoms with van der Waals surface area (Å²) in [5, 5.41) is 0. The second-order valence-corrected chi connectivity index (χ2v) is 8.08. The molecule has 2 aliphatic rings. The van der Waals surface area contributed by atoms with Gasteiger partial charge in [0.2, 0.25) is 0 Å². The molecule has 0 saturated heterocycles. The summed E-state index contributed by atoms with van der Waals surface area (Å²) in [4.78, 5) is 14.7. The van der Waals surface area contributed by atoms with Crippen LogP contribution in [0.2, 0.25) is 0 Å². The predicted octanol–water partition coefficient (Wildman–Crippen LogP) is 4.34. The van der Waals surface area contributed by atoms with Crippen LogP contribution < -0.4 is 0 Å². The summed E-state index contributed by atoms with van der Waals surface area (Å²) < 4.78 is 3.04. The monoisotopic (exact) mass is 352 g/mol. The lowest BCUT2D eigenvalue weighted by molar-refractivity contribution is 0.0742. The van der Waals surface area contributed by atoms with E-state index in [0.29, 0.717) is 6.04 Å². The Kier molecular flexibility index (Phi) is 4.17. The van der Waals surface area contributed by atoms with Crippen molar-refractivity contribution in [2.75, 3.05) is 13.6 Å². The lowest BCUT2D eigenvalue weighted by atomic mass is 9.88. The lowest BCUT2D eigenvalue weighted by Gasteiger charge is -2.27. The summed E-state index contributed by atoms with van der Waals surface area (Å²) in [5.41, 5.74) is 0.794. The Morgan fingerprint density at radius 3 is 2.76 bits per heavy atom. The molecule has 3 atom stereocenters. The van der Waals surface area contributed by atoms with Crippen LogP contribution in [-0.4, -0.2) is 29.0 Å². The van der Waals surface area contributed by atoms with E-state index in [1.54, 1.807) is 0 Å². The summed E-state index contributed by atoms with van der Waals surface area (Å²) in [5.74, 6) is 2.69. The molecule has 2 aliphatic carbocycles. The van der Waals surface area contributed by atoms with Crippen LogP contribution in [0.25, 0.3) is 0 Å². The molecule has 3 unspecified atom stereocenters. The molecule has 1 amide bonds. The van der Waals surface area contributed by atoms with E-state index >= 15 is 0 Å². The highest BCUT2D eigenvalue weighted by molar-refractivity contribution is 9.10. The van der Waals surface area contributed by atoms with Crippen molar-refractivity contribution in [1.82, 2.24) is 9.47 Å². The summed E-state index contributed by atoms with van der Waals surface area (Å²) in [6.45, 7) is 5.14. The van der Waals surface area contributed by atoms with E-state index in [2.05, 4.69) is 34.3 Å². The lowest BCUT2D eigenvalue weighted by Crippen LogP contribution is -2.35. The molecule has 116 valence electrons. The fourth-order valence-corrected chi connectivity index (χ4v) is 4.71. The molecule has 2 bridgehead atoms. The van der Waals surface area contributed by atoms with E-state index in [1.807, 2.05) is 24.2 Å². The summed E-state index contributed by atoms with van der Waals surface area (Å²) >= 11 is 3.49. The van der Waals surface area contributed by atoms with Crippen LogP contribution in [0.4, 0.5) is 0 Å². The Hall–Kier alpha value is -0.770. The fourth-order valence-electron chi connectivity index (χ4n) is 4.27. The first kappa shape index (κ1) is 15.1. The zero-order chi connectivity index (χ0) is 15.1. The topological polar surface area (TPSA) is 25.2 Å². The second-order valence-electron chi connectivity index (χ2n) is 7.17. The molecule has 0 aliphatic heterocycles. The van der Waals surface area contributed by atoms with Crippen molar-refractivity contribution in [3.63, 3.8) is 0 Å². The molecule has 0 spiro atoms. The van der Waals surface area contributed by atoms with E-state index in [9.17, 15) is 4.79 Å². The van der Waals surface area contributed by atoms with Gasteiger partial charge in [-0.15, -0.1) is 0 Å². The predicted molar refractivity (Wildman–Crippen MR) is 88.4 cm³/mol. The molecule has 0 radical (unpaired) electrons. The molecule has 1 heterocycles. The average molecular weight is 353 g/mol. The SMILES string of the molecule is CC(C)n1cc(Br)cc1C(=O)N(C)CC1CC2CCC1C2.